The Labute approximate surface area is 77.8 Å². The first-order valence-electron chi connectivity index (χ1n) is 4.68. The highest BCUT2D eigenvalue weighted by atomic mass is 19.1. The molecular weight excluding hydrogens is 165 g/mol. The van der Waals surface area contributed by atoms with Crippen LogP contribution in [0.25, 0.3) is 0 Å². The van der Waals surface area contributed by atoms with E-state index < -0.39 is 0 Å². The van der Waals surface area contributed by atoms with Gasteiger partial charge in [0.2, 0.25) is 0 Å². The van der Waals surface area contributed by atoms with E-state index in [4.69, 9.17) is 5.73 Å². The zero-order valence-corrected chi connectivity index (χ0v) is 7.76. The SMILES string of the molecule is Cc1ccc(C2CC2CN)cc1F. The van der Waals surface area contributed by atoms with Crippen LogP contribution in [-0.2, 0) is 0 Å². The van der Waals surface area contributed by atoms with Crippen molar-refractivity contribution < 1.29 is 4.39 Å². The van der Waals surface area contributed by atoms with Crippen LogP contribution in [0.1, 0.15) is 23.5 Å². The summed E-state index contributed by atoms with van der Waals surface area (Å²) in [6.07, 6.45) is 1.12. The lowest BCUT2D eigenvalue weighted by Crippen LogP contribution is -2.02. The summed E-state index contributed by atoms with van der Waals surface area (Å²) in [6.45, 7) is 2.51. The van der Waals surface area contributed by atoms with Gasteiger partial charge in [0.25, 0.3) is 0 Å². The summed E-state index contributed by atoms with van der Waals surface area (Å²) in [7, 11) is 0. The normalized spacial score (nSPS) is 26.1. The summed E-state index contributed by atoms with van der Waals surface area (Å²) in [5, 5.41) is 0. The van der Waals surface area contributed by atoms with Crippen molar-refractivity contribution in [1.82, 2.24) is 0 Å². The molecule has 1 saturated carbocycles. The van der Waals surface area contributed by atoms with Gasteiger partial charge in [-0.25, -0.2) is 4.39 Å². The molecule has 0 saturated heterocycles. The molecule has 1 aromatic carbocycles. The molecular formula is C11H14FN. The Kier molecular flexibility index (Phi) is 2.08. The van der Waals surface area contributed by atoms with Crippen molar-refractivity contribution in [3.63, 3.8) is 0 Å². The van der Waals surface area contributed by atoms with Crippen LogP contribution in [-0.4, -0.2) is 6.54 Å². The van der Waals surface area contributed by atoms with E-state index in [0.29, 0.717) is 17.4 Å². The zero-order valence-electron chi connectivity index (χ0n) is 7.76. The van der Waals surface area contributed by atoms with Crippen LogP contribution in [0.4, 0.5) is 4.39 Å². The second-order valence-electron chi connectivity index (χ2n) is 3.85. The molecule has 1 aliphatic rings. The van der Waals surface area contributed by atoms with Gasteiger partial charge >= 0.3 is 0 Å². The number of nitrogens with two attached hydrogens (primary N) is 1. The van der Waals surface area contributed by atoms with Crippen molar-refractivity contribution in [2.24, 2.45) is 11.7 Å². The van der Waals surface area contributed by atoms with Crippen LogP contribution in [0, 0.1) is 18.7 Å². The minimum Gasteiger partial charge on any atom is -0.330 e. The molecule has 70 valence electrons. The van der Waals surface area contributed by atoms with Crippen LogP contribution in [0.3, 0.4) is 0 Å². The van der Waals surface area contributed by atoms with Gasteiger partial charge in [0, 0.05) is 0 Å². The molecule has 0 spiro atoms. The van der Waals surface area contributed by atoms with Crippen LogP contribution in [0.2, 0.25) is 0 Å². The second-order valence-corrected chi connectivity index (χ2v) is 3.85. The molecule has 2 rings (SSSR count). The van der Waals surface area contributed by atoms with E-state index >= 15 is 0 Å². The standard InChI is InChI=1S/C11H14FN/c1-7-2-3-8(5-11(7)12)10-4-9(10)6-13/h2-3,5,9-10H,4,6,13H2,1H3. The Bertz CT molecular complexity index is 322. The van der Waals surface area contributed by atoms with Crippen molar-refractivity contribution in [3.8, 4) is 0 Å². The fourth-order valence-electron chi connectivity index (χ4n) is 1.76. The predicted molar refractivity (Wildman–Crippen MR) is 51.0 cm³/mol. The second kappa shape index (κ2) is 3.11. The third-order valence-corrected chi connectivity index (χ3v) is 2.85. The van der Waals surface area contributed by atoms with E-state index in [9.17, 15) is 4.39 Å². The van der Waals surface area contributed by atoms with Crippen LogP contribution in [0.5, 0.6) is 0 Å². The van der Waals surface area contributed by atoms with E-state index in [1.807, 2.05) is 12.1 Å². The third kappa shape index (κ3) is 1.59. The van der Waals surface area contributed by atoms with Gasteiger partial charge in [-0.2, -0.15) is 0 Å². The summed E-state index contributed by atoms with van der Waals surface area (Å²) in [5.74, 6) is 1.00. The fourth-order valence-corrected chi connectivity index (χ4v) is 1.76. The average molecular weight is 179 g/mol. The topological polar surface area (TPSA) is 26.0 Å². The molecule has 2 unspecified atom stereocenters. The largest absolute Gasteiger partial charge is 0.330 e. The molecule has 2 atom stereocenters. The Balaban J connectivity index is 2.19. The van der Waals surface area contributed by atoms with Gasteiger partial charge in [-0.3, -0.25) is 0 Å². The Morgan fingerprint density at radius 1 is 1.54 bits per heavy atom. The summed E-state index contributed by atoms with van der Waals surface area (Å²) in [4.78, 5) is 0. The van der Waals surface area contributed by atoms with E-state index in [0.717, 1.165) is 18.5 Å². The first-order chi connectivity index (χ1) is 6.22. The molecule has 0 amide bonds. The van der Waals surface area contributed by atoms with Crippen LogP contribution >= 0.6 is 0 Å². The van der Waals surface area contributed by atoms with Crippen molar-refractivity contribution >= 4 is 0 Å². The molecule has 13 heavy (non-hydrogen) atoms. The number of hydrogen-bond acceptors (Lipinski definition) is 1. The van der Waals surface area contributed by atoms with E-state index in [1.54, 1.807) is 13.0 Å². The number of rotatable bonds is 2. The maximum absolute atomic E-state index is 13.2. The van der Waals surface area contributed by atoms with Gasteiger partial charge in [-0.1, -0.05) is 12.1 Å². The first-order valence-corrected chi connectivity index (χ1v) is 4.68. The van der Waals surface area contributed by atoms with Gasteiger partial charge in [-0.05, 0) is 48.9 Å². The van der Waals surface area contributed by atoms with Crippen molar-refractivity contribution in [3.05, 3.63) is 35.1 Å². The molecule has 1 fully saturated rings. The molecule has 1 aliphatic carbocycles. The summed E-state index contributed by atoms with van der Waals surface area (Å²) >= 11 is 0. The van der Waals surface area contributed by atoms with Gasteiger partial charge in [0.15, 0.2) is 0 Å². The number of benzene rings is 1. The predicted octanol–water partition coefficient (Wildman–Crippen LogP) is 2.20. The molecule has 2 N–H and O–H groups in total. The van der Waals surface area contributed by atoms with Gasteiger partial charge in [-0.15, -0.1) is 0 Å². The van der Waals surface area contributed by atoms with Gasteiger partial charge < -0.3 is 5.73 Å². The molecule has 1 aromatic rings. The van der Waals surface area contributed by atoms with Crippen molar-refractivity contribution in [2.75, 3.05) is 6.54 Å². The number of aryl methyl sites for hydroxylation is 1. The first kappa shape index (κ1) is 8.70. The molecule has 2 heteroatoms. The fraction of sp³-hybridized carbons (Fsp3) is 0.455. The maximum Gasteiger partial charge on any atom is 0.126 e. The smallest absolute Gasteiger partial charge is 0.126 e. The molecule has 0 bridgehead atoms. The van der Waals surface area contributed by atoms with E-state index in [2.05, 4.69) is 0 Å². The minimum atomic E-state index is -0.0971. The third-order valence-electron chi connectivity index (χ3n) is 2.85. The lowest BCUT2D eigenvalue weighted by molar-refractivity contribution is 0.615. The van der Waals surface area contributed by atoms with Crippen molar-refractivity contribution in [2.45, 2.75) is 19.3 Å². The van der Waals surface area contributed by atoms with Crippen molar-refractivity contribution in [1.29, 1.82) is 0 Å². The summed E-state index contributed by atoms with van der Waals surface area (Å²) in [5.41, 5.74) is 7.36. The zero-order chi connectivity index (χ0) is 9.42. The molecule has 0 aliphatic heterocycles. The highest BCUT2D eigenvalue weighted by Crippen LogP contribution is 2.46. The minimum absolute atomic E-state index is 0.0971. The maximum atomic E-state index is 13.2. The molecule has 0 heterocycles. The Hall–Kier alpha value is -0.890. The lowest BCUT2D eigenvalue weighted by Gasteiger charge is -2.01. The highest BCUT2D eigenvalue weighted by Gasteiger charge is 2.36. The number of halogens is 1. The van der Waals surface area contributed by atoms with Crippen LogP contribution < -0.4 is 5.73 Å². The lowest BCUT2D eigenvalue weighted by atomic mass is 10.1. The monoisotopic (exact) mass is 179 g/mol. The van der Waals surface area contributed by atoms with Gasteiger partial charge in [0.05, 0.1) is 0 Å². The molecule has 0 aromatic heterocycles. The van der Waals surface area contributed by atoms with E-state index in [-0.39, 0.29) is 5.82 Å². The average Bonchev–Trinajstić information content (AvgIpc) is 2.88. The summed E-state index contributed by atoms with van der Waals surface area (Å²) < 4.78 is 13.2. The van der Waals surface area contributed by atoms with Gasteiger partial charge in [0.1, 0.15) is 5.82 Å². The summed E-state index contributed by atoms with van der Waals surface area (Å²) in [6, 6.07) is 5.50. The highest BCUT2D eigenvalue weighted by molar-refractivity contribution is 5.30. The number of hydrogen-bond donors (Lipinski definition) is 1. The molecule has 0 radical (unpaired) electrons. The van der Waals surface area contributed by atoms with Crippen LogP contribution in [0.15, 0.2) is 18.2 Å². The Morgan fingerprint density at radius 2 is 2.31 bits per heavy atom. The quantitative estimate of drug-likeness (QED) is 0.740. The van der Waals surface area contributed by atoms with E-state index in [1.165, 1.54) is 0 Å². The Morgan fingerprint density at radius 3 is 2.85 bits per heavy atom. The molecule has 1 nitrogen and oxygen atoms in total.